The van der Waals surface area contributed by atoms with Gasteiger partial charge in [0.1, 0.15) is 12.4 Å². The summed E-state index contributed by atoms with van der Waals surface area (Å²) >= 11 is 0. The van der Waals surface area contributed by atoms with Crippen molar-refractivity contribution in [3.05, 3.63) is 78.4 Å². The molecule has 4 aromatic rings. The van der Waals surface area contributed by atoms with Gasteiger partial charge in [-0.05, 0) is 81.3 Å². The topological polar surface area (TPSA) is 29.5 Å². The highest BCUT2D eigenvalue weighted by Gasteiger charge is 2.20. The van der Waals surface area contributed by atoms with Crippen LogP contribution in [0.15, 0.2) is 72.8 Å². The van der Waals surface area contributed by atoms with E-state index in [2.05, 4.69) is 72.8 Å². The van der Waals surface area contributed by atoms with Gasteiger partial charge < -0.3 is 9.84 Å². The van der Waals surface area contributed by atoms with Crippen LogP contribution in [0.5, 0.6) is 5.75 Å². The molecule has 2 heteroatoms. The first-order valence-corrected chi connectivity index (χ1v) is 11.1. The Balaban J connectivity index is 1.64. The summed E-state index contributed by atoms with van der Waals surface area (Å²) in [6.07, 6.45) is 6.35. The van der Waals surface area contributed by atoms with Crippen LogP contribution in [0, 0.1) is 0 Å². The van der Waals surface area contributed by atoms with Crippen molar-refractivity contribution in [2.45, 2.75) is 38.0 Å². The van der Waals surface area contributed by atoms with Gasteiger partial charge in [-0.25, -0.2) is 0 Å². The van der Waals surface area contributed by atoms with Crippen LogP contribution in [0.4, 0.5) is 0 Å². The molecule has 0 aromatic heterocycles. The molecule has 0 atom stereocenters. The molecule has 0 heterocycles. The Kier molecular flexibility index (Phi) is 5.42. The highest BCUT2D eigenvalue weighted by Crippen LogP contribution is 2.41. The lowest BCUT2D eigenvalue weighted by Gasteiger charge is -2.25. The summed E-state index contributed by atoms with van der Waals surface area (Å²) < 4.78 is 5.93. The summed E-state index contributed by atoms with van der Waals surface area (Å²) in [6.45, 7) is 0.390. The van der Waals surface area contributed by atoms with Crippen LogP contribution in [0.2, 0.25) is 0 Å². The SMILES string of the molecule is OCCOc1ccc(-c2cccc3cc4ccccc4cc23)cc1C1CCCCC1. The van der Waals surface area contributed by atoms with Crippen LogP contribution in [0.3, 0.4) is 0 Å². The minimum Gasteiger partial charge on any atom is -0.491 e. The van der Waals surface area contributed by atoms with Gasteiger partial charge in [0, 0.05) is 0 Å². The number of benzene rings is 4. The molecule has 0 saturated heterocycles. The zero-order chi connectivity index (χ0) is 20.3. The van der Waals surface area contributed by atoms with E-state index in [1.807, 2.05) is 0 Å². The molecular weight excluding hydrogens is 368 g/mol. The fourth-order valence-corrected chi connectivity index (χ4v) is 4.95. The first-order valence-electron chi connectivity index (χ1n) is 11.1. The van der Waals surface area contributed by atoms with Crippen molar-refractivity contribution in [1.82, 2.24) is 0 Å². The second-order valence-electron chi connectivity index (χ2n) is 8.39. The molecule has 0 radical (unpaired) electrons. The molecule has 0 amide bonds. The summed E-state index contributed by atoms with van der Waals surface area (Å²) in [5.41, 5.74) is 3.82. The zero-order valence-corrected chi connectivity index (χ0v) is 17.3. The van der Waals surface area contributed by atoms with Gasteiger partial charge in [-0.3, -0.25) is 0 Å². The van der Waals surface area contributed by atoms with Gasteiger partial charge in [-0.15, -0.1) is 0 Å². The lowest BCUT2D eigenvalue weighted by molar-refractivity contribution is 0.199. The third-order valence-corrected chi connectivity index (χ3v) is 6.46. The average molecular weight is 397 g/mol. The van der Waals surface area contributed by atoms with Gasteiger partial charge in [0.2, 0.25) is 0 Å². The van der Waals surface area contributed by atoms with E-state index in [0.717, 1.165) is 5.75 Å². The molecule has 1 aliphatic rings. The molecule has 1 N–H and O–H groups in total. The quantitative estimate of drug-likeness (QED) is 0.365. The molecular formula is C28H28O2. The van der Waals surface area contributed by atoms with E-state index >= 15 is 0 Å². The van der Waals surface area contributed by atoms with Crippen LogP contribution in [-0.4, -0.2) is 18.3 Å². The normalized spacial score (nSPS) is 15.0. The standard InChI is InChI=1S/C28H28O2/c29-15-16-30-28-14-13-24(19-27(28)20-7-2-1-3-8-20)25-12-6-11-23-17-21-9-4-5-10-22(21)18-26(23)25/h4-6,9-14,17-20,29H,1-3,7-8,15-16H2. The maximum atomic E-state index is 9.24. The Morgan fingerprint density at radius 3 is 2.33 bits per heavy atom. The molecule has 4 aromatic carbocycles. The van der Waals surface area contributed by atoms with Gasteiger partial charge in [0.15, 0.2) is 0 Å². The predicted molar refractivity (Wildman–Crippen MR) is 125 cm³/mol. The number of fused-ring (bicyclic) bond motifs is 2. The number of ether oxygens (including phenoxy) is 1. The van der Waals surface area contributed by atoms with Crippen molar-refractivity contribution in [3.63, 3.8) is 0 Å². The Morgan fingerprint density at radius 1 is 0.767 bits per heavy atom. The zero-order valence-electron chi connectivity index (χ0n) is 17.3. The molecule has 0 unspecified atom stereocenters. The molecule has 1 aliphatic carbocycles. The maximum absolute atomic E-state index is 9.24. The highest BCUT2D eigenvalue weighted by molar-refractivity contribution is 6.05. The van der Waals surface area contributed by atoms with Crippen LogP contribution in [0.25, 0.3) is 32.7 Å². The fraction of sp³-hybridized carbons (Fsp3) is 0.286. The minimum absolute atomic E-state index is 0.0439. The Labute approximate surface area is 178 Å². The van der Waals surface area contributed by atoms with Crippen molar-refractivity contribution < 1.29 is 9.84 Å². The second kappa shape index (κ2) is 8.49. The molecule has 30 heavy (non-hydrogen) atoms. The molecule has 0 spiro atoms. The smallest absolute Gasteiger partial charge is 0.122 e. The lowest BCUT2D eigenvalue weighted by Crippen LogP contribution is -2.09. The Bertz CT molecular complexity index is 1170. The van der Waals surface area contributed by atoms with Crippen molar-refractivity contribution in [1.29, 1.82) is 0 Å². The Hall–Kier alpha value is -2.84. The Morgan fingerprint density at radius 2 is 1.53 bits per heavy atom. The van der Waals surface area contributed by atoms with E-state index < -0.39 is 0 Å². The molecule has 1 fully saturated rings. The van der Waals surface area contributed by atoms with Crippen LogP contribution in [-0.2, 0) is 0 Å². The van der Waals surface area contributed by atoms with E-state index in [1.54, 1.807) is 0 Å². The number of aliphatic hydroxyl groups is 1. The number of hydrogen-bond acceptors (Lipinski definition) is 2. The van der Waals surface area contributed by atoms with E-state index in [4.69, 9.17) is 4.74 Å². The summed E-state index contributed by atoms with van der Waals surface area (Å²) in [6, 6.07) is 26.4. The number of aliphatic hydroxyl groups excluding tert-OH is 1. The van der Waals surface area contributed by atoms with Crippen molar-refractivity contribution in [2.75, 3.05) is 13.2 Å². The van der Waals surface area contributed by atoms with Gasteiger partial charge >= 0.3 is 0 Å². The molecule has 0 bridgehead atoms. The number of rotatable bonds is 5. The third-order valence-electron chi connectivity index (χ3n) is 6.46. The molecule has 1 saturated carbocycles. The summed E-state index contributed by atoms with van der Waals surface area (Å²) in [4.78, 5) is 0. The summed E-state index contributed by atoms with van der Waals surface area (Å²) in [7, 11) is 0. The van der Waals surface area contributed by atoms with E-state index in [-0.39, 0.29) is 6.61 Å². The first-order chi connectivity index (χ1) is 14.8. The van der Waals surface area contributed by atoms with Crippen LogP contribution >= 0.6 is 0 Å². The van der Waals surface area contributed by atoms with E-state index in [1.165, 1.54) is 70.3 Å². The third kappa shape index (κ3) is 3.68. The average Bonchev–Trinajstić information content (AvgIpc) is 2.81. The van der Waals surface area contributed by atoms with Crippen molar-refractivity contribution >= 4 is 21.5 Å². The van der Waals surface area contributed by atoms with Crippen LogP contribution < -0.4 is 4.74 Å². The van der Waals surface area contributed by atoms with E-state index in [9.17, 15) is 5.11 Å². The van der Waals surface area contributed by atoms with Crippen molar-refractivity contribution in [3.8, 4) is 16.9 Å². The summed E-state index contributed by atoms with van der Waals surface area (Å²) in [5, 5.41) is 14.3. The fourth-order valence-electron chi connectivity index (χ4n) is 4.95. The molecule has 152 valence electrons. The maximum Gasteiger partial charge on any atom is 0.122 e. The van der Waals surface area contributed by atoms with Crippen molar-refractivity contribution in [2.24, 2.45) is 0 Å². The monoisotopic (exact) mass is 396 g/mol. The summed E-state index contributed by atoms with van der Waals surface area (Å²) in [5.74, 6) is 1.48. The van der Waals surface area contributed by atoms with E-state index in [0.29, 0.717) is 12.5 Å². The molecule has 5 rings (SSSR count). The first kappa shape index (κ1) is 19.1. The highest BCUT2D eigenvalue weighted by atomic mass is 16.5. The van der Waals surface area contributed by atoms with Gasteiger partial charge in [-0.2, -0.15) is 0 Å². The molecule has 2 nitrogen and oxygen atoms in total. The predicted octanol–water partition coefficient (Wildman–Crippen LogP) is 7.08. The molecule has 0 aliphatic heterocycles. The largest absolute Gasteiger partial charge is 0.491 e. The second-order valence-corrected chi connectivity index (χ2v) is 8.39. The lowest BCUT2D eigenvalue weighted by atomic mass is 9.82. The number of hydrogen-bond donors (Lipinski definition) is 1. The van der Waals surface area contributed by atoms with Gasteiger partial charge in [-0.1, -0.05) is 67.8 Å². The minimum atomic E-state index is 0.0439. The van der Waals surface area contributed by atoms with Gasteiger partial charge in [0.05, 0.1) is 6.61 Å². The van der Waals surface area contributed by atoms with Gasteiger partial charge in [0.25, 0.3) is 0 Å². The van der Waals surface area contributed by atoms with Crippen LogP contribution in [0.1, 0.15) is 43.6 Å².